The monoisotopic (exact) mass is 298 g/mol. The van der Waals surface area contributed by atoms with Gasteiger partial charge in [-0.1, -0.05) is 11.6 Å². The molecule has 1 aromatic rings. The number of carbonyl (C=O) groups is 2. The topological polar surface area (TPSA) is 88.1 Å². The Labute approximate surface area is 119 Å². The van der Waals surface area contributed by atoms with Gasteiger partial charge < -0.3 is 19.9 Å². The molecule has 0 bridgehead atoms. The molecule has 20 heavy (non-hydrogen) atoms. The number of carbonyl (C=O) groups excluding carboxylic acids is 2. The number of aliphatic hydroxyl groups excluding tert-OH is 1. The van der Waals surface area contributed by atoms with E-state index in [0.717, 1.165) is 4.90 Å². The quantitative estimate of drug-likeness (QED) is 0.844. The van der Waals surface area contributed by atoms with E-state index in [-0.39, 0.29) is 19.8 Å². The summed E-state index contributed by atoms with van der Waals surface area (Å²) in [5.41, 5.74) is 0.638. The second kappa shape index (κ2) is 4.84. The molecule has 0 aliphatic carbocycles. The molecular formula is C12H11ClN2O5. The molecule has 7 nitrogen and oxygen atoms in total. The SMILES string of the molecule is O=C1CC(O)NC(=O)N1Cc1cc(Cl)c2c(c1)OCO2. The Hall–Kier alpha value is -1.99. The molecule has 2 aliphatic rings. The van der Waals surface area contributed by atoms with Crippen molar-refractivity contribution >= 4 is 23.5 Å². The van der Waals surface area contributed by atoms with Gasteiger partial charge in [0.2, 0.25) is 12.7 Å². The van der Waals surface area contributed by atoms with Crippen molar-refractivity contribution in [3.8, 4) is 11.5 Å². The number of hydrogen-bond donors (Lipinski definition) is 2. The zero-order valence-electron chi connectivity index (χ0n) is 10.3. The first kappa shape index (κ1) is 13.0. The van der Waals surface area contributed by atoms with Crippen molar-refractivity contribution in [3.63, 3.8) is 0 Å². The van der Waals surface area contributed by atoms with Crippen LogP contribution in [0.2, 0.25) is 5.02 Å². The molecule has 2 N–H and O–H groups in total. The Morgan fingerprint density at radius 3 is 2.95 bits per heavy atom. The van der Waals surface area contributed by atoms with Crippen molar-refractivity contribution in [3.05, 3.63) is 22.7 Å². The molecule has 1 saturated heterocycles. The Bertz CT molecular complexity index is 573. The molecule has 106 valence electrons. The highest BCUT2D eigenvalue weighted by atomic mass is 35.5. The van der Waals surface area contributed by atoms with Crippen LogP contribution in [0.25, 0.3) is 0 Å². The number of halogens is 1. The fraction of sp³-hybridized carbons (Fsp3) is 0.333. The van der Waals surface area contributed by atoms with E-state index < -0.39 is 18.2 Å². The van der Waals surface area contributed by atoms with Crippen molar-refractivity contribution < 1.29 is 24.2 Å². The average Bonchev–Trinajstić information content (AvgIpc) is 2.82. The van der Waals surface area contributed by atoms with Crippen LogP contribution in [0.1, 0.15) is 12.0 Å². The summed E-state index contributed by atoms with van der Waals surface area (Å²) in [6.07, 6.45) is -1.28. The lowest BCUT2D eigenvalue weighted by atomic mass is 10.1. The fourth-order valence-electron chi connectivity index (χ4n) is 2.11. The smallest absolute Gasteiger partial charge is 0.326 e. The summed E-state index contributed by atoms with van der Waals surface area (Å²) in [5, 5.41) is 11.9. The van der Waals surface area contributed by atoms with E-state index in [9.17, 15) is 14.7 Å². The van der Waals surface area contributed by atoms with Crippen LogP contribution in [0.3, 0.4) is 0 Å². The molecule has 0 saturated carbocycles. The third-order valence-electron chi connectivity index (χ3n) is 3.03. The van der Waals surface area contributed by atoms with Gasteiger partial charge in [0.15, 0.2) is 11.5 Å². The number of imide groups is 1. The van der Waals surface area contributed by atoms with Gasteiger partial charge in [-0.05, 0) is 17.7 Å². The largest absolute Gasteiger partial charge is 0.454 e. The zero-order valence-corrected chi connectivity index (χ0v) is 11.0. The number of nitrogens with zero attached hydrogens (tertiary/aromatic N) is 1. The number of nitrogens with one attached hydrogen (secondary N) is 1. The average molecular weight is 299 g/mol. The van der Waals surface area contributed by atoms with E-state index in [1.165, 1.54) is 0 Å². The summed E-state index contributed by atoms with van der Waals surface area (Å²) in [5.74, 6) is 0.493. The molecule has 1 aromatic carbocycles. The Balaban J connectivity index is 1.83. The minimum atomic E-state index is -1.13. The van der Waals surface area contributed by atoms with Gasteiger partial charge >= 0.3 is 6.03 Å². The predicted octanol–water partition coefficient (Wildman–Crippen LogP) is 0.829. The highest BCUT2D eigenvalue weighted by Gasteiger charge is 2.31. The van der Waals surface area contributed by atoms with Crippen molar-refractivity contribution in [2.75, 3.05) is 6.79 Å². The molecule has 1 atom stereocenters. The van der Waals surface area contributed by atoms with Crippen LogP contribution in [-0.4, -0.2) is 35.0 Å². The number of aliphatic hydroxyl groups is 1. The van der Waals surface area contributed by atoms with Gasteiger partial charge in [0, 0.05) is 0 Å². The van der Waals surface area contributed by atoms with Gasteiger partial charge in [0.25, 0.3) is 0 Å². The predicted molar refractivity (Wildman–Crippen MR) is 67.3 cm³/mol. The van der Waals surface area contributed by atoms with Crippen molar-refractivity contribution in [2.24, 2.45) is 0 Å². The van der Waals surface area contributed by atoms with E-state index in [1.807, 2.05) is 0 Å². The highest BCUT2D eigenvalue weighted by Crippen LogP contribution is 2.40. The van der Waals surface area contributed by atoms with Crippen LogP contribution in [-0.2, 0) is 11.3 Å². The molecule has 0 radical (unpaired) electrons. The van der Waals surface area contributed by atoms with Crippen molar-refractivity contribution in [1.82, 2.24) is 10.2 Å². The standard InChI is InChI=1S/C12H11ClN2O5/c13-7-1-6(2-8-11(7)20-5-19-8)4-15-10(17)3-9(16)14-12(15)18/h1-2,9,16H,3-5H2,(H,14,18). The van der Waals surface area contributed by atoms with E-state index in [1.54, 1.807) is 12.1 Å². The number of amides is 3. The maximum absolute atomic E-state index is 11.8. The summed E-state index contributed by atoms with van der Waals surface area (Å²) >= 11 is 6.04. The summed E-state index contributed by atoms with van der Waals surface area (Å²) in [7, 11) is 0. The second-order valence-corrected chi connectivity index (χ2v) is 4.87. The summed E-state index contributed by atoms with van der Waals surface area (Å²) in [4.78, 5) is 24.5. The molecule has 0 aromatic heterocycles. The fourth-order valence-corrected chi connectivity index (χ4v) is 2.40. The molecule has 3 amide bonds. The highest BCUT2D eigenvalue weighted by molar-refractivity contribution is 6.32. The zero-order chi connectivity index (χ0) is 14.3. The number of ether oxygens (including phenoxy) is 2. The molecule has 2 aliphatic heterocycles. The van der Waals surface area contributed by atoms with E-state index in [2.05, 4.69) is 5.32 Å². The summed E-state index contributed by atoms with van der Waals surface area (Å²) < 4.78 is 10.4. The summed E-state index contributed by atoms with van der Waals surface area (Å²) in [6, 6.07) is 2.64. The Morgan fingerprint density at radius 1 is 1.40 bits per heavy atom. The van der Waals surface area contributed by atoms with Crippen LogP contribution in [0.5, 0.6) is 11.5 Å². The van der Waals surface area contributed by atoms with Crippen LogP contribution in [0.4, 0.5) is 4.79 Å². The third kappa shape index (κ3) is 2.25. The van der Waals surface area contributed by atoms with Crippen LogP contribution < -0.4 is 14.8 Å². The van der Waals surface area contributed by atoms with Crippen LogP contribution >= 0.6 is 11.6 Å². The van der Waals surface area contributed by atoms with Crippen LogP contribution in [0, 0.1) is 0 Å². The van der Waals surface area contributed by atoms with Gasteiger partial charge in [0.1, 0.15) is 6.23 Å². The second-order valence-electron chi connectivity index (χ2n) is 4.46. The molecule has 1 unspecified atom stereocenters. The van der Waals surface area contributed by atoms with E-state index in [4.69, 9.17) is 21.1 Å². The van der Waals surface area contributed by atoms with Crippen molar-refractivity contribution in [2.45, 2.75) is 19.2 Å². The maximum Gasteiger partial charge on any atom is 0.326 e. The van der Waals surface area contributed by atoms with Gasteiger partial charge in [-0.3, -0.25) is 9.69 Å². The van der Waals surface area contributed by atoms with Crippen LogP contribution in [0.15, 0.2) is 12.1 Å². The van der Waals surface area contributed by atoms with Gasteiger partial charge in [-0.2, -0.15) is 0 Å². The first-order chi connectivity index (χ1) is 9.54. The number of benzene rings is 1. The first-order valence-electron chi connectivity index (χ1n) is 5.91. The third-order valence-corrected chi connectivity index (χ3v) is 3.31. The number of hydrogen-bond acceptors (Lipinski definition) is 5. The molecule has 0 spiro atoms. The molecule has 8 heteroatoms. The lowest BCUT2D eigenvalue weighted by Gasteiger charge is -2.28. The number of urea groups is 1. The number of fused-ring (bicyclic) bond motifs is 1. The minimum Gasteiger partial charge on any atom is -0.454 e. The van der Waals surface area contributed by atoms with E-state index >= 15 is 0 Å². The lowest BCUT2D eigenvalue weighted by molar-refractivity contribution is -0.133. The molecular weight excluding hydrogens is 288 g/mol. The summed E-state index contributed by atoms with van der Waals surface area (Å²) in [6.45, 7) is 0.140. The molecule has 3 rings (SSSR count). The lowest BCUT2D eigenvalue weighted by Crippen LogP contribution is -2.54. The maximum atomic E-state index is 11.8. The number of rotatable bonds is 2. The Kier molecular flexibility index (Phi) is 3.15. The first-order valence-corrected chi connectivity index (χ1v) is 6.29. The van der Waals surface area contributed by atoms with E-state index in [0.29, 0.717) is 22.1 Å². The normalized spacial score (nSPS) is 21.1. The van der Waals surface area contributed by atoms with Gasteiger partial charge in [0.05, 0.1) is 18.0 Å². The van der Waals surface area contributed by atoms with Gasteiger partial charge in [-0.15, -0.1) is 0 Å². The van der Waals surface area contributed by atoms with Gasteiger partial charge in [-0.25, -0.2) is 4.79 Å². The minimum absolute atomic E-state index is 0.0494. The molecule has 1 fully saturated rings. The Morgan fingerprint density at radius 2 is 2.20 bits per heavy atom. The van der Waals surface area contributed by atoms with Crippen molar-refractivity contribution in [1.29, 1.82) is 0 Å². The molecule has 2 heterocycles.